The lowest BCUT2D eigenvalue weighted by atomic mass is 10.2. The van der Waals surface area contributed by atoms with Gasteiger partial charge in [0.25, 0.3) is 0 Å². The summed E-state index contributed by atoms with van der Waals surface area (Å²) in [6, 6.07) is 13.9. The molecule has 0 atom stereocenters. The zero-order chi connectivity index (χ0) is 22.4. The standard InChI is InChI=1S/C23H22F2N2O4/c1-15-12-16(2)27(26-15)19-8-4-18(5-9-19)14-30-22(28)11-7-17-6-10-20(31-23(24)25)21(13-17)29-3/h4-13,23H,14H2,1-3H3/b11-7+. The third kappa shape index (κ3) is 5.91. The van der Waals surface area contributed by atoms with Gasteiger partial charge in [-0.3, -0.25) is 0 Å². The second-order valence-corrected chi connectivity index (χ2v) is 6.74. The number of carbonyl (C=O) groups is 1. The van der Waals surface area contributed by atoms with Gasteiger partial charge >= 0.3 is 12.6 Å². The minimum absolute atomic E-state index is 0.0823. The summed E-state index contributed by atoms with van der Waals surface area (Å²) in [7, 11) is 1.34. The Hall–Kier alpha value is -3.68. The highest BCUT2D eigenvalue weighted by Crippen LogP contribution is 2.29. The first-order valence-electron chi connectivity index (χ1n) is 9.46. The number of benzene rings is 2. The molecule has 31 heavy (non-hydrogen) atoms. The second kappa shape index (κ2) is 9.88. The number of esters is 1. The molecule has 0 aliphatic heterocycles. The number of ether oxygens (including phenoxy) is 3. The molecule has 3 rings (SSSR count). The van der Waals surface area contributed by atoms with Gasteiger partial charge in [0.2, 0.25) is 0 Å². The summed E-state index contributed by atoms with van der Waals surface area (Å²) in [6.07, 6.45) is 2.76. The summed E-state index contributed by atoms with van der Waals surface area (Å²) in [6.45, 7) is 1.08. The Labute approximate surface area is 178 Å². The molecule has 0 saturated heterocycles. The lowest BCUT2D eigenvalue weighted by Gasteiger charge is -2.10. The van der Waals surface area contributed by atoms with E-state index < -0.39 is 12.6 Å². The Morgan fingerprint density at radius 3 is 2.45 bits per heavy atom. The minimum Gasteiger partial charge on any atom is -0.493 e. The monoisotopic (exact) mass is 428 g/mol. The number of methoxy groups -OCH3 is 1. The van der Waals surface area contributed by atoms with Gasteiger partial charge in [0.15, 0.2) is 11.5 Å². The van der Waals surface area contributed by atoms with Crippen molar-refractivity contribution in [3.63, 3.8) is 0 Å². The number of hydrogen-bond acceptors (Lipinski definition) is 5. The van der Waals surface area contributed by atoms with Crippen molar-refractivity contribution in [1.82, 2.24) is 9.78 Å². The number of carbonyl (C=O) groups excluding carboxylic acids is 1. The molecule has 0 amide bonds. The van der Waals surface area contributed by atoms with Gasteiger partial charge in [0.1, 0.15) is 6.61 Å². The van der Waals surface area contributed by atoms with Crippen LogP contribution in [-0.2, 0) is 16.1 Å². The van der Waals surface area contributed by atoms with Gasteiger partial charge in [-0.2, -0.15) is 13.9 Å². The number of halogens is 2. The van der Waals surface area contributed by atoms with Crippen molar-refractivity contribution in [2.45, 2.75) is 27.1 Å². The molecule has 0 aliphatic carbocycles. The van der Waals surface area contributed by atoms with Gasteiger partial charge in [-0.15, -0.1) is 0 Å². The van der Waals surface area contributed by atoms with Gasteiger partial charge in [-0.05, 0) is 61.4 Å². The number of rotatable bonds is 8. The quantitative estimate of drug-likeness (QED) is 0.379. The van der Waals surface area contributed by atoms with E-state index in [9.17, 15) is 13.6 Å². The molecule has 1 aromatic heterocycles. The summed E-state index contributed by atoms with van der Waals surface area (Å²) in [5.74, 6) is -0.478. The molecule has 0 unspecified atom stereocenters. The van der Waals surface area contributed by atoms with E-state index in [0.717, 1.165) is 22.6 Å². The molecule has 1 heterocycles. The van der Waals surface area contributed by atoms with Crippen molar-refractivity contribution in [3.8, 4) is 17.2 Å². The van der Waals surface area contributed by atoms with Crippen LogP contribution in [0, 0.1) is 13.8 Å². The zero-order valence-electron chi connectivity index (χ0n) is 17.3. The maximum Gasteiger partial charge on any atom is 0.387 e. The lowest BCUT2D eigenvalue weighted by molar-refractivity contribution is -0.138. The number of aromatic nitrogens is 2. The predicted octanol–water partition coefficient (Wildman–Crippen LogP) is 4.86. The molecule has 0 fully saturated rings. The molecule has 162 valence electrons. The summed E-state index contributed by atoms with van der Waals surface area (Å²) in [4.78, 5) is 12.0. The van der Waals surface area contributed by atoms with E-state index in [4.69, 9.17) is 9.47 Å². The molecule has 0 bridgehead atoms. The van der Waals surface area contributed by atoms with Crippen molar-refractivity contribution in [1.29, 1.82) is 0 Å². The first-order valence-corrected chi connectivity index (χ1v) is 9.46. The van der Waals surface area contributed by atoms with Gasteiger partial charge in [-0.1, -0.05) is 18.2 Å². The number of hydrogen-bond donors (Lipinski definition) is 0. The molecule has 0 saturated carbocycles. The largest absolute Gasteiger partial charge is 0.493 e. The van der Waals surface area contributed by atoms with Crippen LogP contribution >= 0.6 is 0 Å². The highest BCUT2D eigenvalue weighted by Gasteiger charge is 2.10. The van der Waals surface area contributed by atoms with Crippen LogP contribution < -0.4 is 9.47 Å². The molecule has 2 aromatic carbocycles. The molecule has 0 N–H and O–H groups in total. The van der Waals surface area contributed by atoms with Crippen molar-refractivity contribution < 1.29 is 27.8 Å². The molecular formula is C23H22F2N2O4. The van der Waals surface area contributed by atoms with Crippen molar-refractivity contribution >= 4 is 12.0 Å². The Morgan fingerprint density at radius 2 is 1.84 bits per heavy atom. The van der Waals surface area contributed by atoms with Gasteiger partial charge < -0.3 is 14.2 Å². The summed E-state index contributed by atoms with van der Waals surface area (Å²) in [5, 5.41) is 4.44. The van der Waals surface area contributed by atoms with Crippen molar-refractivity contribution in [3.05, 3.63) is 77.1 Å². The fourth-order valence-corrected chi connectivity index (χ4v) is 2.97. The Morgan fingerprint density at radius 1 is 1.10 bits per heavy atom. The van der Waals surface area contributed by atoms with Gasteiger partial charge in [0, 0.05) is 11.8 Å². The van der Waals surface area contributed by atoms with Crippen molar-refractivity contribution in [2.24, 2.45) is 0 Å². The summed E-state index contributed by atoms with van der Waals surface area (Å²) in [5.41, 5.74) is 4.31. The van der Waals surface area contributed by atoms with E-state index in [2.05, 4.69) is 9.84 Å². The first-order chi connectivity index (χ1) is 14.9. The first kappa shape index (κ1) is 22.0. The maximum absolute atomic E-state index is 12.4. The molecular weight excluding hydrogens is 406 g/mol. The third-order valence-electron chi connectivity index (χ3n) is 4.39. The van der Waals surface area contributed by atoms with Crippen LogP contribution in [0.5, 0.6) is 11.5 Å². The van der Waals surface area contributed by atoms with Crippen LogP contribution in [0.25, 0.3) is 11.8 Å². The minimum atomic E-state index is -2.95. The molecule has 8 heteroatoms. The van der Waals surface area contributed by atoms with E-state index in [1.54, 1.807) is 0 Å². The van der Waals surface area contributed by atoms with E-state index in [1.165, 1.54) is 37.5 Å². The Balaban J connectivity index is 1.57. The van der Waals surface area contributed by atoms with E-state index in [1.807, 2.05) is 48.9 Å². The van der Waals surface area contributed by atoms with Crippen LogP contribution in [0.2, 0.25) is 0 Å². The normalized spacial score (nSPS) is 11.2. The Bertz CT molecular complexity index is 1080. The van der Waals surface area contributed by atoms with Gasteiger partial charge in [-0.25, -0.2) is 9.48 Å². The van der Waals surface area contributed by atoms with Crippen LogP contribution in [0.4, 0.5) is 8.78 Å². The third-order valence-corrected chi connectivity index (χ3v) is 4.39. The lowest BCUT2D eigenvalue weighted by Crippen LogP contribution is -2.03. The van der Waals surface area contributed by atoms with Crippen LogP contribution in [-0.4, -0.2) is 29.5 Å². The fraction of sp³-hybridized carbons (Fsp3) is 0.217. The molecule has 3 aromatic rings. The fourth-order valence-electron chi connectivity index (χ4n) is 2.97. The highest BCUT2D eigenvalue weighted by molar-refractivity contribution is 5.87. The van der Waals surface area contributed by atoms with E-state index in [-0.39, 0.29) is 18.1 Å². The Kier molecular flexibility index (Phi) is 7.02. The van der Waals surface area contributed by atoms with E-state index in [0.29, 0.717) is 5.56 Å². The zero-order valence-corrected chi connectivity index (χ0v) is 17.3. The average molecular weight is 428 g/mol. The molecule has 0 aliphatic rings. The predicted molar refractivity (Wildman–Crippen MR) is 111 cm³/mol. The number of aryl methyl sites for hydroxylation is 2. The average Bonchev–Trinajstić information content (AvgIpc) is 3.09. The highest BCUT2D eigenvalue weighted by atomic mass is 19.3. The van der Waals surface area contributed by atoms with Gasteiger partial charge in [0.05, 0.1) is 18.5 Å². The van der Waals surface area contributed by atoms with E-state index >= 15 is 0 Å². The number of nitrogens with zero attached hydrogens (tertiary/aromatic N) is 2. The molecule has 0 radical (unpaired) electrons. The van der Waals surface area contributed by atoms with Crippen molar-refractivity contribution in [2.75, 3.05) is 7.11 Å². The van der Waals surface area contributed by atoms with Crippen LogP contribution in [0.15, 0.2) is 54.6 Å². The second-order valence-electron chi connectivity index (χ2n) is 6.74. The SMILES string of the molecule is COc1cc(/C=C/C(=O)OCc2ccc(-n3nc(C)cc3C)cc2)ccc1OC(F)F. The molecule has 0 spiro atoms. The topological polar surface area (TPSA) is 62.6 Å². The number of alkyl halides is 2. The molecule has 6 nitrogen and oxygen atoms in total. The maximum atomic E-state index is 12.4. The summed E-state index contributed by atoms with van der Waals surface area (Å²) >= 11 is 0. The van der Waals surface area contributed by atoms with Crippen LogP contribution in [0.1, 0.15) is 22.5 Å². The summed E-state index contributed by atoms with van der Waals surface area (Å²) < 4.78 is 41.3. The smallest absolute Gasteiger partial charge is 0.387 e. The van der Waals surface area contributed by atoms with Crippen LogP contribution in [0.3, 0.4) is 0 Å².